The Labute approximate surface area is 98.8 Å². The molecule has 1 fully saturated rings. The van der Waals surface area contributed by atoms with E-state index in [2.05, 4.69) is 45.9 Å². The third kappa shape index (κ3) is 1.78. The largest absolute Gasteiger partial charge is 0.370 e. The summed E-state index contributed by atoms with van der Waals surface area (Å²) in [6.45, 7) is 9.83. The minimum atomic E-state index is 0.0211. The molecule has 0 aliphatic carbocycles. The second-order valence-corrected chi connectivity index (χ2v) is 5.19. The highest BCUT2D eigenvalue weighted by atomic mass is 16.5. The van der Waals surface area contributed by atoms with E-state index < -0.39 is 0 Å². The fourth-order valence-corrected chi connectivity index (χ4v) is 2.60. The topological polar surface area (TPSA) is 9.23 Å². The molecule has 88 valence electrons. The van der Waals surface area contributed by atoms with Gasteiger partial charge in [0, 0.05) is 6.42 Å². The van der Waals surface area contributed by atoms with Crippen LogP contribution in [-0.2, 0) is 10.3 Å². The van der Waals surface area contributed by atoms with Crippen LogP contribution >= 0.6 is 0 Å². The molecule has 1 saturated heterocycles. The molecule has 0 saturated carbocycles. The molecule has 1 nitrogen and oxygen atoms in total. The summed E-state index contributed by atoms with van der Waals surface area (Å²) in [6.07, 6.45) is 2.25. The summed E-state index contributed by atoms with van der Waals surface area (Å²) < 4.78 is 5.88. The average molecular weight is 218 g/mol. The van der Waals surface area contributed by atoms with Gasteiger partial charge in [-0.1, -0.05) is 44.5 Å². The third-order valence-electron chi connectivity index (χ3n) is 3.78. The fourth-order valence-electron chi connectivity index (χ4n) is 2.60. The maximum absolute atomic E-state index is 5.88. The van der Waals surface area contributed by atoms with Gasteiger partial charge < -0.3 is 4.74 Å². The van der Waals surface area contributed by atoms with Gasteiger partial charge in [0.2, 0.25) is 0 Å². The number of hydrogen-bond acceptors (Lipinski definition) is 1. The van der Waals surface area contributed by atoms with Crippen molar-refractivity contribution in [3.05, 3.63) is 34.9 Å². The van der Waals surface area contributed by atoms with E-state index >= 15 is 0 Å². The van der Waals surface area contributed by atoms with E-state index in [1.807, 2.05) is 0 Å². The zero-order valence-corrected chi connectivity index (χ0v) is 10.8. The number of aryl methyl sites for hydroxylation is 1. The normalized spacial score (nSPS) is 24.6. The summed E-state index contributed by atoms with van der Waals surface area (Å²) in [7, 11) is 0. The molecule has 16 heavy (non-hydrogen) atoms. The van der Waals surface area contributed by atoms with Crippen LogP contribution in [0.15, 0.2) is 18.2 Å². The molecule has 1 atom stereocenters. The molecule has 1 aromatic carbocycles. The van der Waals surface area contributed by atoms with Crippen LogP contribution in [0.2, 0.25) is 0 Å². The van der Waals surface area contributed by atoms with E-state index in [4.69, 9.17) is 4.74 Å². The molecule has 1 heteroatoms. The maximum Gasteiger partial charge on any atom is 0.0953 e. The van der Waals surface area contributed by atoms with Gasteiger partial charge in [-0.25, -0.2) is 0 Å². The van der Waals surface area contributed by atoms with E-state index in [0.29, 0.717) is 5.92 Å². The highest BCUT2D eigenvalue weighted by Crippen LogP contribution is 2.43. The molecule has 1 heterocycles. The van der Waals surface area contributed by atoms with E-state index in [-0.39, 0.29) is 5.60 Å². The lowest BCUT2D eigenvalue weighted by molar-refractivity contribution is -0.156. The second-order valence-electron chi connectivity index (χ2n) is 5.19. The first-order chi connectivity index (χ1) is 7.59. The molecule has 0 bridgehead atoms. The van der Waals surface area contributed by atoms with Crippen LogP contribution in [0, 0.1) is 6.92 Å². The number of rotatable bonds is 3. The molecule has 1 aromatic rings. The van der Waals surface area contributed by atoms with E-state index in [1.165, 1.54) is 23.1 Å². The Morgan fingerprint density at radius 3 is 2.50 bits per heavy atom. The summed E-state index contributed by atoms with van der Waals surface area (Å²) >= 11 is 0. The molecule has 1 unspecified atom stereocenters. The molecule has 1 aliphatic rings. The predicted molar refractivity (Wildman–Crippen MR) is 67.8 cm³/mol. The molecule has 0 spiro atoms. The van der Waals surface area contributed by atoms with Crippen molar-refractivity contribution >= 4 is 0 Å². The van der Waals surface area contributed by atoms with E-state index in [9.17, 15) is 0 Å². The van der Waals surface area contributed by atoms with Gasteiger partial charge in [-0.3, -0.25) is 0 Å². The highest BCUT2D eigenvalue weighted by Gasteiger charge is 2.40. The van der Waals surface area contributed by atoms with Crippen molar-refractivity contribution in [1.29, 1.82) is 0 Å². The number of ether oxygens (including phenoxy) is 1. The first kappa shape index (κ1) is 11.7. The maximum atomic E-state index is 5.88. The fraction of sp³-hybridized carbons (Fsp3) is 0.600. The Morgan fingerprint density at radius 1 is 1.38 bits per heavy atom. The lowest BCUT2D eigenvalue weighted by Gasteiger charge is -2.43. The number of benzene rings is 1. The Morgan fingerprint density at radius 2 is 2.06 bits per heavy atom. The second kappa shape index (κ2) is 4.21. The lowest BCUT2D eigenvalue weighted by Crippen LogP contribution is -2.41. The van der Waals surface area contributed by atoms with Crippen molar-refractivity contribution in [2.75, 3.05) is 6.61 Å². The van der Waals surface area contributed by atoms with E-state index in [1.54, 1.807) is 0 Å². The molecule has 0 amide bonds. The third-order valence-corrected chi connectivity index (χ3v) is 3.78. The van der Waals surface area contributed by atoms with Crippen molar-refractivity contribution in [3.63, 3.8) is 0 Å². The van der Waals surface area contributed by atoms with Crippen LogP contribution in [0.4, 0.5) is 0 Å². The first-order valence-corrected chi connectivity index (χ1v) is 6.34. The molecule has 2 rings (SSSR count). The molecular formula is C15H22O. The standard InChI is InChI=1S/C15H22O/c1-5-15(8-9-16-15)14-7-6-12(4)10-13(14)11(2)3/h6-7,10-11H,5,8-9H2,1-4H3. The van der Waals surface area contributed by atoms with Gasteiger partial charge in [-0.2, -0.15) is 0 Å². The average Bonchev–Trinajstić information content (AvgIpc) is 2.19. The minimum Gasteiger partial charge on any atom is -0.370 e. The molecule has 0 aromatic heterocycles. The molecule has 0 N–H and O–H groups in total. The zero-order chi connectivity index (χ0) is 11.8. The summed E-state index contributed by atoms with van der Waals surface area (Å²) in [5.74, 6) is 0.572. The number of hydrogen-bond donors (Lipinski definition) is 0. The molecular weight excluding hydrogens is 196 g/mol. The minimum absolute atomic E-state index is 0.0211. The van der Waals surface area contributed by atoms with Crippen molar-refractivity contribution in [2.24, 2.45) is 0 Å². The molecule has 1 aliphatic heterocycles. The SMILES string of the molecule is CCC1(c2ccc(C)cc2C(C)C)CCO1. The van der Waals surface area contributed by atoms with Crippen LogP contribution in [0.5, 0.6) is 0 Å². The Bertz CT molecular complexity index is 370. The van der Waals surface area contributed by atoms with Gasteiger partial charge in [-0.05, 0) is 30.4 Å². The van der Waals surface area contributed by atoms with Crippen molar-refractivity contribution in [3.8, 4) is 0 Å². The first-order valence-electron chi connectivity index (χ1n) is 6.34. The summed E-state index contributed by atoms with van der Waals surface area (Å²) in [5.41, 5.74) is 4.24. The van der Waals surface area contributed by atoms with Crippen LogP contribution in [-0.4, -0.2) is 6.61 Å². The van der Waals surface area contributed by atoms with Crippen LogP contribution in [0.25, 0.3) is 0 Å². The van der Waals surface area contributed by atoms with Gasteiger partial charge in [-0.15, -0.1) is 0 Å². The highest BCUT2D eigenvalue weighted by molar-refractivity contribution is 5.38. The Balaban J connectivity index is 2.47. The van der Waals surface area contributed by atoms with Gasteiger partial charge in [0.05, 0.1) is 12.2 Å². The van der Waals surface area contributed by atoms with Crippen molar-refractivity contribution in [2.45, 2.75) is 52.1 Å². The quantitative estimate of drug-likeness (QED) is 0.740. The summed E-state index contributed by atoms with van der Waals surface area (Å²) in [5, 5.41) is 0. The van der Waals surface area contributed by atoms with Crippen molar-refractivity contribution < 1.29 is 4.74 Å². The van der Waals surface area contributed by atoms with Crippen molar-refractivity contribution in [1.82, 2.24) is 0 Å². The Hall–Kier alpha value is -0.820. The van der Waals surface area contributed by atoms with Gasteiger partial charge >= 0.3 is 0 Å². The van der Waals surface area contributed by atoms with Gasteiger partial charge in [0.1, 0.15) is 0 Å². The van der Waals surface area contributed by atoms with E-state index in [0.717, 1.165) is 13.0 Å². The Kier molecular flexibility index (Phi) is 3.07. The zero-order valence-electron chi connectivity index (χ0n) is 10.8. The van der Waals surface area contributed by atoms with Crippen LogP contribution in [0.1, 0.15) is 56.2 Å². The lowest BCUT2D eigenvalue weighted by atomic mass is 9.78. The molecule has 0 radical (unpaired) electrons. The summed E-state index contributed by atoms with van der Waals surface area (Å²) in [4.78, 5) is 0. The van der Waals surface area contributed by atoms with Gasteiger partial charge in [0.15, 0.2) is 0 Å². The summed E-state index contributed by atoms with van der Waals surface area (Å²) in [6, 6.07) is 6.80. The van der Waals surface area contributed by atoms with Crippen LogP contribution in [0.3, 0.4) is 0 Å². The monoisotopic (exact) mass is 218 g/mol. The predicted octanol–water partition coefficient (Wildman–Crippen LogP) is 4.14. The van der Waals surface area contributed by atoms with Crippen LogP contribution < -0.4 is 0 Å². The smallest absolute Gasteiger partial charge is 0.0953 e. The van der Waals surface area contributed by atoms with Gasteiger partial charge in [0.25, 0.3) is 0 Å².